The zero-order valence-electron chi connectivity index (χ0n) is 4.70. The van der Waals surface area contributed by atoms with Crippen molar-refractivity contribution in [2.24, 2.45) is 0 Å². The van der Waals surface area contributed by atoms with Crippen molar-refractivity contribution in [3.63, 3.8) is 0 Å². The Bertz CT molecular complexity index is 145. The van der Waals surface area contributed by atoms with E-state index < -0.39 is 6.23 Å². The molecule has 0 spiro atoms. The van der Waals surface area contributed by atoms with Gasteiger partial charge in [0.25, 0.3) is 0 Å². The van der Waals surface area contributed by atoms with Crippen molar-refractivity contribution >= 4 is 0 Å². The molecule has 0 radical (unpaired) electrons. The molecule has 3 heteroatoms. The van der Waals surface area contributed by atoms with Gasteiger partial charge in [0, 0.05) is 6.92 Å². The fraction of sp³-hybridized carbons (Fsp3) is 0.400. The van der Waals surface area contributed by atoms with Crippen LogP contribution in [0.3, 0.4) is 0 Å². The van der Waals surface area contributed by atoms with E-state index in [0.717, 1.165) is 0 Å². The number of rotatable bonds is 1. The molecule has 0 saturated carbocycles. The number of nitrogens with one attached hydrogen (secondary N) is 1. The van der Waals surface area contributed by atoms with Gasteiger partial charge in [-0.3, -0.25) is 4.98 Å². The lowest BCUT2D eigenvalue weighted by atomic mass is 10.6. The maximum Gasteiger partial charge on any atom is 0.243 e. The first-order valence-corrected chi connectivity index (χ1v) is 2.52. The molecule has 0 aromatic carbocycles. The van der Waals surface area contributed by atoms with E-state index in [4.69, 9.17) is 5.11 Å². The second-order valence-electron chi connectivity index (χ2n) is 1.69. The molecular formula is C5H9N2O+. The normalized spacial score (nSPS) is 13.8. The fourth-order valence-electron chi connectivity index (χ4n) is 0.534. The summed E-state index contributed by atoms with van der Waals surface area (Å²) in [6.07, 6.45) is 4.79. The van der Waals surface area contributed by atoms with E-state index in [1.807, 2.05) is 0 Å². The van der Waals surface area contributed by atoms with E-state index >= 15 is 0 Å². The van der Waals surface area contributed by atoms with E-state index in [2.05, 4.69) is 4.98 Å². The Morgan fingerprint density at radius 3 is 2.75 bits per heavy atom. The van der Waals surface area contributed by atoms with Crippen molar-refractivity contribution in [1.29, 1.82) is 0 Å². The highest BCUT2D eigenvalue weighted by Gasteiger charge is 2.00. The van der Waals surface area contributed by atoms with E-state index in [1.165, 1.54) is 0 Å². The smallest absolute Gasteiger partial charge is 0.243 e. The SMILES string of the molecule is CC(O)[n+]1cc[nH]c1. The maximum absolute atomic E-state index is 8.86. The quantitative estimate of drug-likeness (QED) is 0.487. The zero-order valence-corrected chi connectivity index (χ0v) is 4.70. The second kappa shape index (κ2) is 1.96. The first-order valence-electron chi connectivity index (χ1n) is 2.52. The summed E-state index contributed by atoms with van der Waals surface area (Å²) >= 11 is 0. The van der Waals surface area contributed by atoms with Gasteiger partial charge in [-0.2, -0.15) is 0 Å². The van der Waals surface area contributed by atoms with Crippen LogP contribution in [0.4, 0.5) is 0 Å². The monoisotopic (exact) mass is 113 g/mol. The number of aliphatic hydroxyl groups excluding tert-OH is 1. The number of H-pyrrole nitrogens is 1. The van der Waals surface area contributed by atoms with E-state index in [-0.39, 0.29) is 0 Å². The molecule has 0 fully saturated rings. The zero-order chi connectivity index (χ0) is 5.98. The molecule has 1 aromatic heterocycles. The molecule has 1 heterocycles. The molecule has 1 aromatic rings. The first kappa shape index (κ1) is 5.31. The van der Waals surface area contributed by atoms with Gasteiger partial charge >= 0.3 is 0 Å². The van der Waals surface area contributed by atoms with Crippen LogP contribution in [0.15, 0.2) is 18.7 Å². The number of hydrogen-bond acceptors (Lipinski definition) is 1. The third kappa shape index (κ3) is 0.869. The van der Waals surface area contributed by atoms with Gasteiger partial charge in [-0.25, -0.2) is 4.57 Å². The summed E-state index contributed by atoms with van der Waals surface area (Å²) < 4.78 is 1.67. The molecule has 0 aliphatic heterocycles. The third-order valence-electron chi connectivity index (χ3n) is 0.998. The largest absolute Gasteiger partial charge is 0.355 e. The predicted molar refractivity (Wildman–Crippen MR) is 27.9 cm³/mol. The van der Waals surface area contributed by atoms with Gasteiger partial charge < -0.3 is 5.11 Å². The molecule has 0 aliphatic rings. The van der Waals surface area contributed by atoms with Gasteiger partial charge in [-0.1, -0.05) is 0 Å². The van der Waals surface area contributed by atoms with Crippen LogP contribution in [0, 0.1) is 0 Å². The summed E-state index contributed by atoms with van der Waals surface area (Å²) in [6.45, 7) is 1.70. The molecular weight excluding hydrogens is 104 g/mol. The van der Waals surface area contributed by atoms with Gasteiger partial charge in [0.1, 0.15) is 12.4 Å². The Balaban J connectivity index is 2.77. The van der Waals surface area contributed by atoms with E-state index in [1.54, 1.807) is 30.2 Å². The summed E-state index contributed by atoms with van der Waals surface area (Å²) in [6, 6.07) is 0. The Hall–Kier alpha value is -0.830. The van der Waals surface area contributed by atoms with Crippen LogP contribution in [0.1, 0.15) is 13.2 Å². The van der Waals surface area contributed by atoms with Gasteiger partial charge in [-0.15, -0.1) is 0 Å². The van der Waals surface area contributed by atoms with Gasteiger partial charge in [0.2, 0.25) is 6.33 Å². The molecule has 0 amide bonds. The minimum absolute atomic E-state index is 0.429. The minimum Gasteiger partial charge on any atom is -0.355 e. The average molecular weight is 113 g/mol. The van der Waals surface area contributed by atoms with Crippen LogP contribution >= 0.6 is 0 Å². The maximum atomic E-state index is 8.86. The predicted octanol–water partition coefficient (Wildman–Crippen LogP) is -0.187. The van der Waals surface area contributed by atoms with Gasteiger partial charge in [0.15, 0.2) is 6.23 Å². The Labute approximate surface area is 47.6 Å². The summed E-state index contributed by atoms with van der Waals surface area (Å²) in [5, 5.41) is 8.86. The number of hydrogen-bond donors (Lipinski definition) is 2. The van der Waals surface area contributed by atoms with Crippen LogP contribution in [0.25, 0.3) is 0 Å². The topological polar surface area (TPSA) is 39.9 Å². The standard InChI is InChI=1S/C5H8N2O/c1-5(8)7-3-2-6-4-7/h2-5,8H,1H3/p+1. The highest BCUT2D eigenvalue weighted by molar-refractivity contribution is 4.55. The van der Waals surface area contributed by atoms with Crippen LogP contribution in [0.5, 0.6) is 0 Å². The molecule has 1 rings (SSSR count). The van der Waals surface area contributed by atoms with Crippen molar-refractivity contribution in [2.75, 3.05) is 0 Å². The average Bonchev–Trinajstić information content (AvgIpc) is 2.12. The summed E-state index contributed by atoms with van der Waals surface area (Å²) in [5.41, 5.74) is 0. The number of nitrogens with zero attached hydrogens (tertiary/aromatic N) is 1. The summed E-state index contributed by atoms with van der Waals surface area (Å²) in [4.78, 5) is 2.81. The molecule has 8 heavy (non-hydrogen) atoms. The number of imidazole rings is 1. The molecule has 1 atom stereocenters. The van der Waals surface area contributed by atoms with Crippen molar-refractivity contribution in [3.05, 3.63) is 18.7 Å². The lowest BCUT2D eigenvalue weighted by molar-refractivity contribution is -0.754. The summed E-state index contributed by atoms with van der Waals surface area (Å²) in [5.74, 6) is 0. The van der Waals surface area contributed by atoms with Gasteiger partial charge in [0.05, 0.1) is 0 Å². The lowest BCUT2D eigenvalue weighted by Gasteiger charge is -1.94. The number of aromatic nitrogens is 2. The Morgan fingerprint density at radius 2 is 2.50 bits per heavy atom. The third-order valence-corrected chi connectivity index (χ3v) is 0.998. The van der Waals surface area contributed by atoms with Crippen molar-refractivity contribution in [1.82, 2.24) is 4.98 Å². The number of aromatic amines is 1. The molecule has 0 aliphatic carbocycles. The highest BCUT2D eigenvalue weighted by Crippen LogP contribution is 1.82. The summed E-state index contributed by atoms with van der Waals surface area (Å²) in [7, 11) is 0. The number of aliphatic hydroxyl groups is 1. The van der Waals surface area contributed by atoms with Gasteiger partial charge in [-0.05, 0) is 0 Å². The highest BCUT2D eigenvalue weighted by atomic mass is 16.3. The van der Waals surface area contributed by atoms with Crippen molar-refractivity contribution < 1.29 is 9.67 Å². The first-order chi connectivity index (χ1) is 3.80. The molecule has 0 bridgehead atoms. The van der Waals surface area contributed by atoms with E-state index in [0.29, 0.717) is 0 Å². The van der Waals surface area contributed by atoms with E-state index in [9.17, 15) is 0 Å². The Kier molecular flexibility index (Phi) is 1.30. The molecule has 44 valence electrons. The molecule has 0 saturated heterocycles. The van der Waals surface area contributed by atoms with Crippen LogP contribution < -0.4 is 4.57 Å². The minimum atomic E-state index is -0.429. The van der Waals surface area contributed by atoms with Crippen LogP contribution in [-0.2, 0) is 0 Å². The lowest BCUT2D eigenvalue weighted by Crippen LogP contribution is -2.34. The fourth-order valence-corrected chi connectivity index (χ4v) is 0.534. The van der Waals surface area contributed by atoms with Crippen LogP contribution in [0.2, 0.25) is 0 Å². The molecule has 3 nitrogen and oxygen atoms in total. The van der Waals surface area contributed by atoms with Crippen molar-refractivity contribution in [3.8, 4) is 0 Å². The second-order valence-corrected chi connectivity index (χ2v) is 1.69. The Morgan fingerprint density at radius 1 is 1.75 bits per heavy atom. The van der Waals surface area contributed by atoms with Crippen molar-refractivity contribution in [2.45, 2.75) is 13.2 Å². The molecule has 2 N–H and O–H groups in total. The molecule has 1 unspecified atom stereocenters. The van der Waals surface area contributed by atoms with Crippen LogP contribution in [-0.4, -0.2) is 10.1 Å².